The zero-order valence-electron chi connectivity index (χ0n) is 7.28. The Morgan fingerprint density at radius 3 is 3.08 bits per heavy atom. The lowest BCUT2D eigenvalue weighted by Crippen LogP contribution is -2.25. The van der Waals surface area contributed by atoms with Gasteiger partial charge in [0.25, 0.3) is 0 Å². The fraction of sp³-hybridized carbons (Fsp3) is 0.250. The summed E-state index contributed by atoms with van der Waals surface area (Å²) in [6.07, 6.45) is 2.15. The highest BCUT2D eigenvalue weighted by molar-refractivity contribution is 5.85. The van der Waals surface area contributed by atoms with Gasteiger partial charge in [-0.15, -0.1) is 0 Å². The number of hydrogen-bond donors (Lipinski definition) is 2. The monoisotopic (exact) mass is 181 g/mol. The number of amides is 2. The number of hydrazone groups is 1. The summed E-state index contributed by atoms with van der Waals surface area (Å²) in [5, 5.41) is 3.73. The van der Waals surface area contributed by atoms with Gasteiger partial charge >= 0.3 is 6.03 Å². The van der Waals surface area contributed by atoms with Gasteiger partial charge in [0.2, 0.25) is 0 Å². The minimum atomic E-state index is -0.668. The summed E-state index contributed by atoms with van der Waals surface area (Å²) in [5.41, 5.74) is 7.71. The summed E-state index contributed by atoms with van der Waals surface area (Å²) in [7, 11) is 0. The standard InChI is InChI=1S/C8H11N3O2/c1-6(10-11-8(9)12)5-7-3-2-4-13-7/h2-4H,5H2,1H3,(H3,9,11,12)/b10-6+. The Bertz CT molecular complexity index is 303. The van der Waals surface area contributed by atoms with E-state index in [0.29, 0.717) is 6.42 Å². The molecule has 1 heterocycles. The first-order valence-corrected chi connectivity index (χ1v) is 3.79. The number of rotatable bonds is 3. The number of carbonyl (C=O) groups excluding carboxylic acids is 1. The molecule has 0 fully saturated rings. The average molecular weight is 181 g/mol. The van der Waals surface area contributed by atoms with E-state index in [-0.39, 0.29) is 0 Å². The van der Waals surface area contributed by atoms with Crippen LogP contribution < -0.4 is 11.2 Å². The van der Waals surface area contributed by atoms with Crippen molar-refractivity contribution in [3.63, 3.8) is 0 Å². The van der Waals surface area contributed by atoms with Gasteiger partial charge in [0.1, 0.15) is 5.76 Å². The molecular formula is C8H11N3O2. The molecule has 0 unspecified atom stereocenters. The zero-order valence-corrected chi connectivity index (χ0v) is 7.28. The Morgan fingerprint density at radius 1 is 1.77 bits per heavy atom. The topological polar surface area (TPSA) is 80.6 Å². The number of furan rings is 1. The van der Waals surface area contributed by atoms with E-state index < -0.39 is 6.03 Å². The van der Waals surface area contributed by atoms with Crippen LogP contribution >= 0.6 is 0 Å². The van der Waals surface area contributed by atoms with Crippen molar-refractivity contribution in [2.75, 3.05) is 0 Å². The van der Waals surface area contributed by atoms with Crippen LogP contribution in [-0.4, -0.2) is 11.7 Å². The van der Waals surface area contributed by atoms with E-state index in [4.69, 9.17) is 10.2 Å². The summed E-state index contributed by atoms with van der Waals surface area (Å²) in [4.78, 5) is 10.3. The first kappa shape index (κ1) is 9.31. The van der Waals surface area contributed by atoms with E-state index in [2.05, 4.69) is 10.5 Å². The molecule has 0 saturated carbocycles. The molecule has 0 bridgehead atoms. The van der Waals surface area contributed by atoms with Crippen LogP contribution in [0.4, 0.5) is 4.79 Å². The van der Waals surface area contributed by atoms with Crippen LogP contribution in [0.25, 0.3) is 0 Å². The van der Waals surface area contributed by atoms with Crippen LogP contribution in [0.1, 0.15) is 12.7 Å². The fourth-order valence-electron chi connectivity index (χ4n) is 0.855. The molecule has 1 aromatic heterocycles. The summed E-state index contributed by atoms with van der Waals surface area (Å²) in [6, 6.07) is 2.96. The number of hydrogen-bond acceptors (Lipinski definition) is 3. The van der Waals surface area contributed by atoms with Crippen molar-refractivity contribution >= 4 is 11.7 Å². The van der Waals surface area contributed by atoms with E-state index in [0.717, 1.165) is 11.5 Å². The van der Waals surface area contributed by atoms with Gasteiger partial charge in [0, 0.05) is 12.1 Å². The summed E-state index contributed by atoms with van der Waals surface area (Å²) >= 11 is 0. The predicted molar refractivity (Wildman–Crippen MR) is 48.2 cm³/mol. The van der Waals surface area contributed by atoms with Crippen LogP contribution in [0.5, 0.6) is 0 Å². The lowest BCUT2D eigenvalue weighted by Gasteiger charge is -1.97. The van der Waals surface area contributed by atoms with Crippen molar-refractivity contribution < 1.29 is 9.21 Å². The van der Waals surface area contributed by atoms with Crippen LogP contribution in [0.3, 0.4) is 0 Å². The van der Waals surface area contributed by atoms with Crippen molar-refractivity contribution in [3.05, 3.63) is 24.2 Å². The Morgan fingerprint density at radius 2 is 2.54 bits per heavy atom. The zero-order chi connectivity index (χ0) is 9.68. The third-order valence-electron chi connectivity index (χ3n) is 1.37. The number of nitrogens with two attached hydrogens (primary N) is 1. The van der Waals surface area contributed by atoms with Gasteiger partial charge in [-0.3, -0.25) is 0 Å². The molecular weight excluding hydrogens is 170 g/mol. The van der Waals surface area contributed by atoms with Crippen LogP contribution in [-0.2, 0) is 6.42 Å². The Kier molecular flexibility index (Phi) is 3.08. The Balaban J connectivity index is 2.45. The number of urea groups is 1. The number of primary amides is 1. The smallest absolute Gasteiger partial charge is 0.332 e. The molecule has 0 saturated heterocycles. The molecule has 2 amide bonds. The largest absolute Gasteiger partial charge is 0.469 e. The quantitative estimate of drug-likeness (QED) is 0.535. The van der Waals surface area contributed by atoms with Crippen LogP contribution in [0.2, 0.25) is 0 Å². The molecule has 3 N–H and O–H groups in total. The van der Waals surface area contributed by atoms with Crippen molar-refractivity contribution in [1.82, 2.24) is 5.43 Å². The second-order valence-electron chi connectivity index (χ2n) is 2.58. The van der Waals surface area contributed by atoms with Crippen LogP contribution in [0, 0.1) is 0 Å². The van der Waals surface area contributed by atoms with Gasteiger partial charge in [0.15, 0.2) is 0 Å². The highest BCUT2D eigenvalue weighted by atomic mass is 16.3. The molecule has 1 rings (SSSR count). The number of nitrogens with zero attached hydrogens (tertiary/aromatic N) is 1. The van der Waals surface area contributed by atoms with E-state index >= 15 is 0 Å². The summed E-state index contributed by atoms with van der Waals surface area (Å²) in [5.74, 6) is 0.799. The van der Waals surface area contributed by atoms with Gasteiger partial charge < -0.3 is 10.2 Å². The van der Waals surface area contributed by atoms with Crippen molar-refractivity contribution in [1.29, 1.82) is 0 Å². The summed E-state index contributed by atoms with van der Waals surface area (Å²) < 4.78 is 5.09. The molecule has 0 aliphatic heterocycles. The van der Waals surface area contributed by atoms with Gasteiger partial charge in [-0.1, -0.05) is 0 Å². The minimum absolute atomic E-state index is 0.563. The van der Waals surface area contributed by atoms with E-state index in [9.17, 15) is 4.79 Å². The highest BCUT2D eigenvalue weighted by Gasteiger charge is 1.98. The normalized spacial score (nSPS) is 11.3. The van der Waals surface area contributed by atoms with E-state index in [1.165, 1.54) is 0 Å². The third kappa shape index (κ3) is 3.42. The minimum Gasteiger partial charge on any atom is -0.469 e. The molecule has 13 heavy (non-hydrogen) atoms. The second kappa shape index (κ2) is 4.30. The lowest BCUT2D eigenvalue weighted by atomic mass is 10.2. The van der Waals surface area contributed by atoms with Crippen molar-refractivity contribution in [2.45, 2.75) is 13.3 Å². The Labute approximate surface area is 75.6 Å². The SMILES string of the molecule is C/C(Cc1ccco1)=N\NC(N)=O. The third-order valence-corrected chi connectivity index (χ3v) is 1.37. The van der Waals surface area contributed by atoms with Gasteiger partial charge in [-0.25, -0.2) is 10.2 Å². The first-order valence-electron chi connectivity index (χ1n) is 3.79. The molecule has 0 aromatic carbocycles. The van der Waals surface area contributed by atoms with Gasteiger partial charge in [-0.2, -0.15) is 5.10 Å². The number of nitrogens with one attached hydrogen (secondary N) is 1. The molecule has 5 nitrogen and oxygen atoms in total. The molecule has 0 spiro atoms. The molecule has 0 aliphatic carbocycles. The second-order valence-corrected chi connectivity index (χ2v) is 2.58. The first-order chi connectivity index (χ1) is 6.18. The van der Waals surface area contributed by atoms with Crippen LogP contribution in [0.15, 0.2) is 27.9 Å². The maximum Gasteiger partial charge on any atom is 0.332 e. The van der Waals surface area contributed by atoms with Crippen molar-refractivity contribution in [3.8, 4) is 0 Å². The maximum absolute atomic E-state index is 10.3. The average Bonchev–Trinajstić information content (AvgIpc) is 2.53. The lowest BCUT2D eigenvalue weighted by molar-refractivity contribution is 0.249. The fourth-order valence-corrected chi connectivity index (χ4v) is 0.855. The highest BCUT2D eigenvalue weighted by Crippen LogP contribution is 2.01. The molecule has 0 aliphatic rings. The van der Waals surface area contributed by atoms with E-state index in [1.807, 2.05) is 6.07 Å². The molecule has 0 radical (unpaired) electrons. The molecule has 1 aromatic rings. The van der Waals surface area contributed by atoms with E-state index in [1.54, 1.807) is 19.3 Å². The molecule has 5 heteroatoms. The molecule has 0 atom stereocenters. The number of carbonyl (C=O) groups is 1. The van der Waals surface area contributed by atoms with Gasteiger partial charge in [-0.05, 0) is 19.1 Å². The summed E-state index contributed by atoms with van der Waals surface area (Å²) in [6.45, 7) is 1.78. The maximum atomic E-state index is 10.3. The molecule has 70 valence electrons. The predicted octanol–water partition coefficient (Wildman–Crippen LogP) is 0.866. The van der Waals surface area contributed by atoms with Gasteiger partial charge in [0.05, 0.1) is 6.26 Å². The van der Waals surface area contributed by atoms with Crippen molar-refractivity contribution in [2.24, 2.45) is 10.8 Å². The Hall–Kier alpha value is -1.78.